The zero-order valence-corrected chi connectivity index (χ0v) is 12.5. The quantitative estimate of drug-likeness (QED) is 0.785. The molecule has 0 saturated heterocycles. The van der Waals surface area contributed by atoms with Gasteiger partial charge in [0.25, 0.3) is 5.91 Å². The standard InChI is InChI=1S/C16H14N2O2S/c1-10-5-3-6-12(11(10)2)17-15(19)13-9-21-16(18-13)14-7-4-8-20-14/h3-9H,1-2H3,(H,17,19). The summed E-state index contributed by atoms with van der Waals surface area (Å²) in [6.07, 6.45) is 1.59. The van der Waals surface area contributed by atoms with E-state index < -0.39 is 0 Å². The molecule has 0 bridgehead atoms. The van der Waals surface area contributed by atoms with E-state index in [-0.39, 0.29) is 5.91 Å². The van der Waals surface area contributed by atoms with Crippen LogP contribution in [0.5, 0.6) is 0 Å². The van der Waals surface area contributed by atoms with Gasteiger partial charge in [-0.05, 0) is 43.2 Å². The number of thiazole rings is 1. The van der Waals surface area contributed by atoms with Crippen molar-refractivity contribution in [1.29, 1.82) is 0 Å². The van der Waals surface area contributed by atoms with Gasteiger partial charge in [-0.15, -0.1) is 11.3 Å². The number of rotatable bonds is 3. The molecule has 1 amide bonds. The van der Waals surface area contributed by atoms with Gasteiger partial charge in [-0.25, -0.2) is 4.98 Å². The van der Waals surface area contributed by atoms with Crippen LogP contribution in [0.2, 0.25) is 0 Å². The highest BCUT2D eigenvalue weighted by Crippen LogP contribution is 2.25. The molecule has 0 aliphatic heterocycles. The number of hydrogen-bond acceptors (Lipinski definition) is 4. The average Bonchev–Trinajstić information content (AvgIpc) is 3.13. The van der Waals surface area contributed by atoms with Crippen LogP contribution in [0.3, 0.4) is 0 Å². The highest BCUT2D eigenvalue weighted by molar-refractivity contribution is 7.13. The van der Waals surface area contributed by atoms with Crippen molar-refractivity contribution >= 4 is 22.9 Å². The Labute approximate surface area is 126 Å². The molecule has 3 rings (SSSR count). The third kappa shape index (κ3) is 2.73. The molecule has 1 aromatic carbocycles. The average molecular weight is 298 g/mol. The first kappa shape index (κ1) is 13.6. The first-order valence-electron chi connectivity index (χ1n) is 6.52. The predicted octanol–water partition coefficient (Wildman–Crippen LogP) is 4.27. The van der Waals surface area contributed by atoms with Crippen molar-refractivity contribution in [2.45, 2.75) is 13.8 Å². The number of benzene rings is 1. The summed E-state index contributed by atoms with van der Waals surface area (Å²) in [5.41, 5.74) is 3.41. The lowest BCUT2D eigenvalue weighted by atomic mass is 10.1. The van der Waals surface area contributed by atoms with Gasteiger partial charge in [-0.2, -0.15) is 0 Å². The molecule has 0 atom stereocenters. The summed E-state index contributed by atoms with van der Waals surface area (Å²) >= 11 is 1.39. The molecule has 3 aromatic rings. The van der Waals surface area contributed by atoms with Crippen molar-refractivity contribution < 1.29 is 9.21 Å². The summed E-state index contributed by atoms with van der Waals surface area (Å²) in [7, 11) is 0. The van der Waals surface area contributed by atoms with E-state index in [0.717, 1.165) is 16.8 Å². The topological polar surface area (TPSA) is 55.1 Å². The van der Waals surface area contributed by atoms with Crippen LogP contribution in [0.4, 0.5) is 5.69 Å². The van der Waals surface area contributed by atoms with Gasteiger partial charge in [-0.1, -0.05) is 12.1 Å². The summed E-state index contributed by atoms with van der Waals surface area (Å²) < 4.78 is 5.28. The summed E-state index contributed by atoms with van der Waals surface area (Å²) in [6, 6.07) is 9.45. The molecule has 0 spiro atoms. The SMILES string of the molecule is Cc1cccc(NC(=O)c2csc(-c3ccco3)n2)c1C. The van der Waals surface area contributed by atoms with E-state index in [2.05, 4.69) is 10.3 Å². The minimum atomic E-state index is -0.210. The lowest BCUT2D eigenvalue weighted by Crippen LogP contribution is -2.13. The van der Waals surface area contributed by atoms with E-state index >= 15 is 0 Å². The number of carbonyl (C=O) groups is 1. The molecule has 0 aliphatic rings. The molecule has 106 valence electrons. The zero-order chi connectivity index (χ0) is 14.8. The maximum Gasteiger partial charge on any atom is 0.275 e. The van der Waals surface area contributed by atoms with Crippen LogP contribution in [-0.4, -0.2) is 10.9 Å². The molecule has 1 N–H and O–H groups in total. The van der Waals surface area contributed by atoms with Gasteiger partial charge < -0.3 is 9.73 Å². The molecule has 21 heavy (non-hydrogen) atoms. The molecule has 0 aliphatic carbocycles. The molecule has 0 saturated carbocycles. The number of aryl methyl sites for hydroxylation is 1. The van der Waals surface area contributed by atoms with Crippen molar-refractivity contribution in [3.8, 4) is 10.8 Å². The number of hydrogen-bond donors (Lipinski definition) is 1. The number of anilines is 1. The van der Waals surface area contributed by atoms with Crippen LogP contribution in [0.15, 0.2) is 46.4 Å². The van der Waals surface area contributed by atoms with E-state index in [1.165, 1.54) is 11.3 Å². The molecule has 4 nitrogen and oxygen atoms in total. The van der Waals surface area contributed by atoms with E-state index in [9.17, 15) is 4.79 Å². The smallest absolute Gasteiger partial charge is 0.275 e. The monoisotopic (exact) mass is 298 g/mol. The second-order valence-corrected chi connectivity index (χ2v) is 5.57. The van der Waals surface area contributed by atoms with Crippen LogP contribution in [0.1, 0.15) is 21.6 Å². The molecular formula is C16H14N2O2S. The number of amides is 1. The van der Waals surface area contributed by atoms with E-state index in [1.54, 1.807) is 17.7 Å². The van der Waals surface area contributed by atoms with E-state index in [0.29, 0.717) is 16.5 Å². The normalized spacial score (nSPS) is 10.6. The fourth-order valence-corrected chi connectivity index (χ4v) is 2.73. The number of carbonyl (C=O) groups excluding carboxylic acids is 1. The maximum atomic E-state index is 12.3. The Morgan fingerprint density at radius 2 is 2.10 bits per heavy atom. The van der Waals surface area contributed by atoms with Crippen molar-refractivity contribution in [2.75, 3.05) is 5.32 Å². The lowest BCUT2D eigenvalue weighted by Gasteiger charge is -2.09. The molecule has 2 heterocycles. The van der Waals surface area contributed by atoms with Gasteiger partial charge in [0.1, 0.15) is 5.69 Å². The lowest BCUT2D eigenvalue weighted by molar-refractivity contribution is 0.102. The van der Waals surface area contributed by atoms with E-state index in [4.69, 9.17) is 4.42 Å². The fourth-order valence-electron chi connectivity index (χ4n) is 1.96. The highest BCUT2D eigenvalue weighted by Gasteiger charge is 2.14. The Hall–Kier alpha value is -2.40. The molecule has 0 radical (unpaired) electrons. The molecular weight excluding hydrogens is 284 g/mol. The second-order valence-electron chi connectivity index (χ2n) is 4.72. The van der Waals surface area contributed by atoms with Crippen LogP contribution >= 0.6 is 11.3 Å². The van der Waals surface area contributed by atoms with Crippen molar-refractivity contribution in [3.05, 3.63) is 58.8 Å². The maximum absolute atomic E-state index is 12.3. The number of furan rings is 1. The largest absolute Gasteiger partial charge is 0.462 e. The van der Waals surface area contributed by atoms with Gasteiger partial charge in [0, 0.05) is 11.1 Å². The Balaban J connectivity index is 1.81. The summed E-state index contributed by atoms with van der Waals surface area (Å²) in [5, 5.41) is 5.34. The van der Waals surface area contributed by atoms with Crippen molar-refractivity contribution in [3.63, 3.8) is 0 Å². The molecule has 5 heteroatoms. The number of aromatic nitrogens is 1. The molecule has 0 unspecified atom stereocenters. The summed E-state index contributed by atoms with van der Waals surface area (Å²) in [5.74, 6) is 0.462. The Bertz CT molecular complexity index is 775. The Morgan fingerprint density at radius 1 is 1.24 bits per heavy atom. The predicted molar refractivity (Wildman–Crippen MR) is 83.7 cm³/mol. The van der Waals surface area contributed by atoms with Gasteiger partial charge in [0.05, 0.1) is 6.26 Å². The van der Waals surface area contributed by atoms with Crippen molar-refractivity contribution in [1.82, 2.24) is 4.98 Å². The molecule has 2 aromatic heterocycles. The second kappa shape index (κ2) is 5.54. The fraction of sp³-hybridized carbons (Fsp3) is 0.125. The van der Waals surface area contributed by atoms with Crippen LogP contribution in [0.25, 0.3) is 10.8 Å². The first-order chi connectivity index (χ1) is 10.1. The van der Waals surface area contributed by atoms with Gasteiger partial charge in [0.2, 0.25) is 0 Å². The van der Waals surface area contributed by atoms with Gasteiger partial charge >= 0.3 is 0 Å². The third-order valence-electron chi connectivity index (χ3n) is 3.32. The number of nitrogens with zero attached hydrogens (tertiary/aromatic N) is 1. The minimum Gasteiger partial charge on any atom is -0.462 e. The highest BCUT2D eigenvalue weighted by atomic mass is 32.1. The van der Waals surface area contributed by atoms with Crippen LogP contribution < -0.4 is 5.32 Å². The van der Waals surface area contributed by atoms with Crippen LogP contribution in [-0.2, 0) is 0 Å². The van der Waals surface area contributed by atoms with Gasteiger partial charge in [0.15, 0.2) is 10.8 Å². The summed E-state index contributed by atoms with van der Waals surface area (Å²) in [4.78, 5) is 16.6. The Morgan fingerprint density at radius 3 is 2.86 bits per heavy atom. The number of nitrogens with one attached hydrogen (secondary N) is 1. The molecule has 0 fully saturated rings. The first-order valence-corrected chi connectivity index (χ1v) is 7.40. The third-order valence-corrected chi connectivity index (χ3v) is 4.18. The van der Waals surface area contributed by atoms with Gasteiger partial charge in [-0.3, -0.25) is 4.79 Å². The summed E-state index contributed by atoms with van der Waals surface area (Å²) in [6.45, 7) is 4.00. The van der Waals surface area contributed by atoms with Crippen molar-refractivity contribution in [2.24, 2.45) is 0 Å². The van der Waals surface area contributed by atoms with Crippen LogP contribution in [0, 0.1) is 13.8 Å². The minimum absolute atomic E-state index is 0.210. The van der Waals surface area contributed by atoms with E-state index in [1.807, 2.05) is 38.1 Å². The zero-order valence-electron chi connectivity index (χ0n) is 11.7. The Kier molecular flexibility index (Phi) is 3.58.